The van der Waals surface area contributed by atoms with Crippen LogP contribution in [0.3, 0.4) is 0 Å². The molecule has 2 N–H and O–H groups in total. The van der Waals surface area contributed by atoms with Crippen molar-refractivity contribution in [2.45, 2.75) is 32.1 Å². The highest BCUT2D eigenvalue weighted by Gasteiger charge is 2.39. The third kappa shape index (κ3) is 2.86. The summed E-state index contributed by atoms with van der Waals surface area (Å²) in [5.41, 5.74) is 5.31. The van der Waals surface area contributed by atoms with Gasteiger partial charge < -0.3 is 15.2 Å². The molecule has 1 aliphatic heterocycles. The Labute approximate surface area is 107 Å². The molecule has 0 saturated heterocycles. The maximum Gasteiger partial charge on any atom is 0.451 e. The summed E-state index contributed by atoms with van der Waals surface area (Å²) in [4.78, 5) is 13.2. The molecule has 0 radical (unpaired) electrons. The van der Waals surface area contributed by atoms with Crippen LogP contribution >= 0.6 is 0 Å². The molecule has 0 atom stereocenters. The summed E-state index contributed by atoms with van der Waals surface area (Å²) in [6, 6.07) is 0. The number of alkyl halides is 3. The van der Waals surface area contributed by atoms with E-state index in [2.05, 4.69) is 10.2 Å². The maximum absolute atomic E-state index is 12.6. The molecule has 2 heterocycles. The van der Waals surface area contributed by atoms with Crippen LogP contribution in [0, 0.1) is 0 Å². The van der Waals surface area contributed by atoms with E-state index in [9.17, 15) is 18.0 Å². The van der Waals surface area contributed by atoms with Gasteiger partial charge in [-0.3, -0.25) is 4.79 Å². The number of carbonyl (C=O) groups is 1. The van der Waals surface area contributed by atoms with Gasteiger partial charge in [-0.2, -0.15) is 13.2 Å². The molecule has 2 rings (SSSR count). The molecular formula is C10H14F3N5O. The van der Waals surface area contributed by atoms with Crippen molar-refractivity contribution in [1.82, 2.24) is 19.7 Å². The molecule has 0 aliphatic carbocycles. The second-order valence-corrected chi connectivity index (χ2v) is 4.30. The molecule has 6 nitrogen and oxygen atoms in total. The zero-order valence-electron chi connectivity index (χ0n) is 10.2. The number of halogens is 3. The fourth-order valence-electron chi connectivity index (χ4n) is 1.99. The molecule has 1 aliphatic rings. The summed E-state index contributed by atoms with van der Waals surface area (Å²) >= 11 is 0. The number of fused-ring (bicyclic) bond motifs is 1. The number of aromatic nitrogens is 3. The molecule has 9 heteroatoms. The standard InChI is InChI=1S/C10H14F3N5O/c11-10(12,13)9-16-15-7-6-17(4-5-18(7)9)8(19)2-1-3-14/h1-6,14H2. The van der Waals surface area contributed by atoms with Gasteiger partial charge in [-0.1, -0.05) is 0 Å². The molecule has 0 aromatic carbocycles. The zero-order chi connectivity index (χ0) is 14.0. The Hall–Kier alpha value is -1.64. The zero-order valence-corrected chi connectivity index (χ0v) is 10.2. The molecule has 0 saturated carbocycles. The van der Waals surface area contributed by atoms with Crippen molar-refractivity contribution in [2.24, 2.45) is 5.73 Å². The van der Waals surface area contributed by atoms with E-state index < -0.39 is 12.0 Å². The molecule has 0 spiro atoms. The first-order valence-corrected chi connectivity index (χ1v) is 5.90. The van der Waals surface area contributed by atoms with Gasteiger partial charge in [0.2, 0.25) is 11.7 Å². The van der Waals surface area contributed by atoms with Crippen LogP contribution in [-0.2, 0) is 24.1 Å². The Balaban J connectivity index is 2.09. The van der Waals surface area contributed by atoms with Crippen LogP contribution in [0.25, 0.3) is 0 Å². The minimum absolute atomic E-state index is 0.0611. The summed E-state index contributed by atoms with van der Waals surface area (Å²) in [6.45, 7) is 0.767. The monoisotopic (exact) mass is 277 g/mol. The van der Waals surface area contributed by atoms with Gasteiger partial charge in [0.25, 0.3) is 0 Å². The minimum atomic E-state index is -4.52. The lowest BCUT2D eigenvalue weighted by Crippen LogP contribution is -2.39. The molecule has 106 valence electrons. The van der Waals surface area contributed by atoms with E-state index in [1.807, 2.05) is 0 Å². The number of nitrogens with two attached hydrogens (primary N) is 1. The van der Waals surface area contributed by atoms with Crippen molar-refractivity contribution < 1.29 is 18.0 Å². The molecule has 1 amide bonds. The quantitative estimate of drug-likeness (QED) is 0.866. The second-order valence-electron chi connectivity index (χ2n) is 4.30. The highest BCUT2D eigenvalue weighted by molar-refractivity contribution is 5.76. The Morgan fingerprint density at radius 2 is 2.05 bits per heavy atom. The summed E-state index contributed by atoms with van der Waals surface area (Å²) in [6.07, 6.45) is -3.65. The summed E-state index contributed by atoms with van der Waals surface area (Å²) in [5.74, 6) is -0.954. The van der Waals surface area contributed by atoms with Gasteiger partial charge in [0.15, 0.2) is 5.82 Å². The fourth-order valence-corrected chi connectivity index (χ4v) is 1.99. The highest BCUT2D eigenvalue weighted by atomic mass is 19.4. The van der Waals surface area contributed by atoms with Gasteiger partial charge in [-0.05, 0) is 13.0 Å². The molecule has 19 heavy (non-hydrogen) atoms. The van der Waals surface area contributed by atoms with Gasteiger partial charge in [-0.15, -0.1) is 10.2 Å². The minimum Gasteiger partial charge on any atom is -0.333 e. The number of hydrogen-bond donors (Lipinski definition) is 1. The summed E-state index contributed by atoms with van der Waals surface area (Å²) in [7, 11) is 0. The Morgan fingerprint density at radius 1 is 1.32 bits per heavy atom. The predicted octanol–water partition coefficient (Wildman–Crippen LogP) is 0.378. The number of hydrogen-bond acceptors (Lipinski definition) is 4. The van der Waals surface area contributed by atoms with E-state index in [0.717, 1.165) is 4.57 Å². The largest absolute Gasteiger partial charge is 0.451 e. The third-order valence-electron chi connectivity index (χ3n) is 2.95. The van der Waals surface area contributed by atoms with E-state index in [-0.39, 0.29) is 31.4 Å². The van der Waals surface area contributed by atoms with Crippen molar-refractivity contribution in [3.63, 3.8) is 0 Å². The molecular weight excluding hydrogens is 263 g/mol. The predicted molar refractivity (Wildman–Crippen MR) is 58.7 cm³/mol. The van der Waals surface area contributed by atoms with Gasteiger partial charge in [0.1, 0.15) is 0 Å². The first-order chi connectivity index (χ1) is 8.93. The molecule has 0 unspecified atom stereocenters. The average Bonchev–Trinajstić information content (AvgIpc) is 2.78. The lowest BCUT2D eigenvalue weighted by Gasteiger charge is -2.28. The van der Waals surface area contributed by atoms with Crippen molar-refractivity contribution in [3.8, 4) is 0 Å². The van der Waals surface area contributed by atoms with Crippen molar-refractivity contribution in [3.05, 3.63) is 11.6 Å². The fraction of sp³-hybridized carbons (Fsp3) is 0.700. The Morgan fingerprint density at radius 3 is 2.68 bits per heavy atom. The van der Waals surface area contributed by atoms with Crippen LogP contribution < -0.4 is 5.73 Å². The van der Waals surface area contributed by atoms with Crippen LogP contribution in [0.15, 0.2) is 0 Å². The van der Waals surface area contributed by atoms with Gasteiger partial charge in [-0.25, -0.2) is 0 Å². The lowest BCUT2D eigenvalue weighted by atomic mass is 10.2. The second kappa shape index (κ2) is 5.16. The first-order valence-electron chi connectivity index (χ1n) is 5.90. The Kier molecular flexibility index (Phi) is 3.74. The van der Waals surface area contributed by atoms with E-state index in [4.69, 9.17) is 5.73 Å². The van der Waals surface area contributed by atoms with Crippen molar-refractivity contribution >= 4 is 5.91 Å². The number of nitrogens with zero attached hydrogens (tertiary/aromatic N) is 4. The van der Waals surface area contributed by atoms with Crippen LogP contribution in [0.2, 0.25) is 0 Å². The topological polar surface area (TPSA) is 77.0 Å². The summed E-state index contributed by atoms with van der Waals surface area (Å²) < 4.78 is 38.9. The van der Waals surface area contributed by atoms with Crippen LogP contribution in [0.4, 0.5) is 13.2 Å². The average molecular weight is 277 g/mol. The third-order valence-corrected chi connectivity index (χ3v) is 2.95. The smallest absolute Gasteiger partial charge is 0.333 e. The molecule has 1 aromatic heterocycles. The summed E-state index contributed by atoms with van der Waals surface area (Å²) in [5, 5.41) is 6.67. The van der Waals surface area contributed by atoms with Gasteiger partial charge >= 0.3 is 6.18 Å². The van der Waals surface area contributed by atoms with Crippen LogP contribution in [0.1, 0.15) is 24.5 Å². The number of carbonyl (C=O) groups excluding carboxylic acids is 1. The highest BCUT2D eigenvalue weighted by Crippen LogP contribution is 2.29. The van der Waals surface area contributed by atoms with E-state index in [1.54, 1.807) is 0 Å². The van der Waals surface area contributed by atoms with E-state index in [0.29, 0.717) is 19.4 Å². The van der Waals surface area contributed by atoms with Gasteiger partial charge in [0.05, 0.1) is 6.54 Å². The van der Waals surface area contributed by atoms with Crippen LogP contribution in [0.5, 0.6) is 0 Å². The Bertz CT molecular complexity index is 470. The van der Waals surface area contributed by atoms with Crippen LogP contribution in [-0.4, -0.2) is 38.7 Å². The first kappa shape index (κ1) is 13.8. The van der Waals surface area contributed by atoms with Crippen molar-refractivity contribution in [1.29, 1.82) is 0 Å². The number of amides is 1. The molecule has 1 aromatic rings. The van der Waals surface area contributed by atoms with Crippen molar-refractivity contribution in [2.75, 3.05) is 13.1 Å². The van der Waals surface area contributed by atoms with Gasteiger partial charge in [0, 0.05) is 19.5 Å². The maximum atomic E-state index is 12.6. The molecule has 0 bridgehead atoms. The van der Waals surface area contributed by atoms with E-state index in [1.165, 1.54) is 4.90 Å². The SMILES string of the molecule is NCCCC(=O)N1CCn2c(nnc2C(F)(F)F)C1. The molecule has 0 fully saturated rings. The number of rotatable bonds is 3. The normalized spacial score (nSPS) is 15.5. The lowest BCUT2D eigenvalue weighted by molar-refractivity contribution is -0.148. The van der Waals surface area contributed by atoms with E-state index >= 15 is 0 Å².